The smallest absolute Gasteiger partial charge is 0.387 e. The number of anilines is 1. The monoisotopic (exact) mass is 909 g/mol. The molecule has 2 aliphatic heterocycles. The molecular weight excluding hydrogens is 881 g/mol. The first-order valence-electron chi connectivity index (χ1n) is 14.5. The Bertz CT molecular complexity index is 2380. The van der Waals surface area contributed by atoms with Crippen molar-refractivity contribution in [2.24, 2.45) is 0 Å². The third-order valence-electron chi connectivity index (χ3n) is 7.15. The van der Waals surface area contributed by atoms with Gasteiger partial charge >= 0.3 is 44.8 Å². The van der Waals surface area contributed by atoms with Crippen LogP contribution in [0.15, 0.2) is 33.0 Å². The van der Waals surface area contributed by atoms with E-state index in [1.165, 1.54) is 0 Å². The van der Waals surface area contributed by atoms with Crippen LogP contribution in [0.1, 0.15) is 12.5 Å². The molecule has 0 aliphatic carbocycles. The van der Waals surface area contributed by atoms with E-state index in [4.69, 9.17) is 15.2 Å². The molecule has 5 unspecified atom stereocenters. The molecule has 0 spiro atoms. The van der Waals surface area contributed by atoms with Crippen molar-refractivity contribution in [3.8, 4) is 0 Å². The van der Waals surface area contributed by atoms with Gasteiger partial charge in [-0.15, -0.1) is 0 Å². The lowest BCUT2D eigenvalue weighted by atomic mass is 10.1. The zero-order valence-corrected chi connectivity index (χ0v) is 31.4. The number of hydrogen-bond donors (Lipinski definition) is 12. The van der Waals surface area contributed by atoms with Gasteiger partial charge in [-0.25, -0.2) is 32.6 Å². The molecular formula is C19H28N7O25P5. The van der Waals surface area contributed by atoms with Crippen molar-refractivity contribution in [2.75, 3.05) is 18.9 Å². The average Bonchev–Trinajstić information content (AvgIpc) is 3.66. The first kappa shape index (κ1) is 44.4. The number of nitrogens with one attached hydrogen (secondary N) is 2. The van der Waals surface area contributed by atoms with Gasteiger partial charge in [-0.3, -0.25) is 37.7 Å². The van der Waals surface area contributed by atoms with Gasteiger partial charge in [0.1, 0.15) is 36.6 Å². The molecule has 0 aromatic carbocycles. The highest BCUT2D eigenvalue weighted by molar-refractivity contribution is 7.71. The summed E-state index contributed by atoms with van der Waals surface area (Å²) in [6, 6.07) is 0.845. The lowest BCUT2D eigenvalue weighted by Crippen LogP contribution is -2.37. The maximum absolute atomic E-state index is 12.4. The Kier molecular flexibility index (Phi) is 12.8. The second-order valence-electron chi connectivity index (χ2n) is 11.1. The number of aliphatic hydroxyl groups is 4. The number of H-pyrrole nitrogens is 2. The van der Waals surface area contributed by atoms with E-state index in [0.29, 0.717) is 4.57 Å². The van der Waals surface area contributed by atoms with Crippen molar-refractivity contribution in [2.45, 2.75) is 49.1 Å². The van der Waals surface area contributed by atoms with E-state index in [2.05, 4.69) is 41.2 Å². The molecule has 37 heteroatoms. The van der Waals surface area contributed by atoms with Crippen LogP contribution in [0.2, 0.25) is 0 Å². The number of aliphatic hydroxyl groups excluding tert-OH is 4. The molecule has 0 saturated carbocycles. The lowest BCUT2D eigenvalue weighted by Gasteiger charge is -2.21. The molecule has 0 radical (unpaired) electrons. The maximum Gasteiger partial charge on any atom is 0.490 e. The Hall–Kier alpha value is -2.70. The van der Waals surface area contributed by atoms with Gasteiger partial charge in [-0.1, -0.05) is 0 Å². The van der Waals surface area contributed by atoms with Crippen LogP contribution in [0.3, 0.4) is 0 Å². The number of nitrogen functional groups attached to an aromatic ring is 1. The van der Waals surface area contributed by atoms with Gasteiger partial charge in [0, 0.05) is 12.3 Å². The summed E-state index contributed by atoms with van der Waals surface area (Å²) < 4.78 is 97.1. The van der Waals surface area contributed by atoms with E-state index in [-0.39, 0.29) is 17.1 Å². The summed E-state index contributed by atoms with van der Waals surface area (Å²) in [6.45, 7) is -2.51. The maximum atomic E-state index is 12.4. The largest absolute Gasteiger partial charge is 0.490 e. The number of aromatic amines is 2. The molecule has 2 fully saturated rings. The van der Waals surface area contributed by atoms with Crippen molar-refractivity contribution in [3.63, 3.8) is 0 Å². The van der Waals surface area contributed by atoms with Crippen LogP contribution in [0.5, 0.6) is 0 Å². The Morgan fingerprint density at radius 2 is 1.14 bits per heavy atom. The number of nitrogens with two attached hydrogens (primary N) is 1. The van der Waals surface area contributed by atoms with Crippen LogP contribution in [0.25, 0.3) is 11.2 Å². The van der Waals surface area contributed by atoms with Gasteiger partial charge in [0.25, 0.3) is 11.1 Å². The summed E-state index contributed by atoms with van der Waals surface area (Å²) in [4.78, 5) is 95.9. The van der Waals surface area contributed by atoms with E-state index in [9.17, 15) is 82.1 Å². The molecule has 0 bridgehead atoms. The van der Waals surface area contributed by atoms with Crippen molar-refractivity contribution in [3.05, 3.63) is 49.8 Å². The van der Waals surface area contributed by atoms with Crippen molar-refractivity contribution in [1.29, 1.82) is 0 Å². The van der Waals surface area contributed by atoms with Gasteiger partial charge in [-0.2, -0.15) is 22.2 Å². The van der Waals surface area contributed by atoms with E-state index in [0.717, 1.165) is 23.2 Å². The van der Waals surface area contributed by atoms with Gasteiger partial charge in [-0.05, 0) is 0 Å². The number of fused-ring (bicyclic) bond motifs is 1. The van der Waals surface area contributed by atoms with Crippen LogP contribution in [-0.2, 0) is 58.6 Å². The molecule has 3 aromatic rings. The highest BCUT2D eigenvalue weighted by Gasteiger charge is 2.51. The number of rotatable bonds is 16. The number of ether oxygens (including phenoxy) is 2. The van der Waals surface area contributed by atoms with Gasteiger partial charge in [0.05, 0.1) is 19.5 Å². The molecule has 13 N–H and O–H groups in total. The minimum Gasteiger partial charge on any atom is -0.387 e. The average molecular weight is 909 g/mol. The summed E-state index contributed by atoms with van der Waals surface area (Å²) in [5.41, 5.74) is 2.30. The van der Waals surface area contributed by atoms with Crippen LogP contribution in [-0.4, -0.2) is 124 Å². The second kappa shape index (κ2) is 16.2. The third kappa shape index (κ3) is 10.5. The summed E-state index contributed by atoms with van der Waals surface area (Å²) in [5.74, 6) is -0.365. The first-order chi connectivity index (χ1) is 25.7. The summed E-state index contributed by atoms with van der Waals surface area (Å²) >= 11 is 0. The molecule has 0 amide bonds. The van der Waals surface area contributed by atoms with Crippen LogP contribution >= 0.6 is 39.1 Å². The fourth-order valence-corrected chi connectivity index (χ4v) is 11.3. The minimum atomic E-state index is -6.49. The third-order valence-corrected chi connectivity index (χ3v) is 14.7. The summed E-state index contributed by atoms with van der Waals surface area (Å²) in [5, 5.41) is 41.2. The Balaban J connectivity index is 1.13. The molecule has 314 valence electrons. The van der Waals surface area contributed by atoms with E-state index < -0.39 is 118 Å². The lowest BCUT2D eigenvalue weighted by molar-refractivity contribution is -0.0542. The quantitative estimate of drug-likeness (QED) is 0.0611. The molecule has 5 rings (SSSR count). The van der Waals surface area contributed by atoms with Gasteiger partial charge in [0.2, 0.25) is 5.95 Å². The Morgan fingerprint density at radius 1 is 0.696 bits per heavy atom. The highest BCUT2D eigenvalue weighted by atomic mass is 31.3. The fraction of sp³-hybridized carbons (Fsp3) is 0.526. The molecule has 5 heterocycles. The topological polar surface area (TPSA) is 486 Å². The predicted octanol–water partition coefficient (Wildman–Crippen LogP) is -3.91. The van der Waals surface area contributed by atoms with Gasteiger partial charge in [0.15, 0.2) is 23.6 Å². The molecule has 2 saturated heterocycles. The number of imidazole rings is 1. The van der Waals surface area contributed by atoms with E-state index >= 15 is 0 Å². The SMILES string of the molecule is Nc1nc2c(ncn2[C@@H]2O[C@H](COP(=O)(O)OP(=O)(O)OP(=O)(O)OP(=O)(O)OP(=O)(O)OC[C@H]3O[C@@H](n4ccc(=O)[nH]c4=O)[C@H](O)[C@@H]3O)[C@@H](O)[C@H]2O)c(=O)[nH]1. The van der Waals surface area contributed by atoms with E-state index in [1.54, 1.807) is 0 Å². The zero-order chi connectivity index (χ0) is 41.8. The van der Waals surface area contributed by atoms with Crippen molar-refractivity contribution in [1.82, 2.24) is 29.1 Å². The van der Waals surface area contributed by atoms with Gasteiger partial charge < -0.3 is 60.1 Å². The van der Waals surface area contributed by atoms with Crippen molar-refractivity contribution < 1.29 is 103 Å². The Morgan fingerprint density at radius 3 is 1.61 bits per heavy atom. The molecule has 2 aliphatic rings. The number of phosphoric acid groups is 5. The fourth-order valence-electron chi connectivity index (χ4n) is 4.90. The number of phosphoric ester groups is 2. The van der Waals surface area contributed by atoms with E-state index in [1.807, 2.05) is 4.98 Å². The summed E-state index contributed by atoms with van der Waals surface area (Å²) in [7, 11) is -31.1. The highest BCUT2D eigenvalue weighted by Crippen LogP contribution is 2.73. The van der Waals surface area contributed by atoms with Crippen LogP contribution in [0, 0.1) is 0 Å². The standard InChI is InChI=1S/C19H28N7O25P5/c20-18-23-14-9(15(32)24-18)21-5-26(14)17-13(31)11(29)7(47-17)4-45-53(36,37)49-55(40,41)51-56(42,43)50-54(38,39)48-52(34,35)44-3-6-10(28)12(30)16(46-6)25-2-1-8(27)22-19(25)33/h1-2,5-7,10-13,16-17,28-31H,3-4H2,(H,34,35)(H,36,37)(H,38,39)(H,40,41)(H,42,43)(H,22,27,33)(H3,20,23,24,32)/t6-,7-,10-,11-,12-,13-,16-,17-/m1/s1. The molecule has 13 atom stereocenters. The Labute approximate surface area is 306 Å². The first-order valence-corrected chi connectivity index (χ1v) is 22.0. The number of aromatic nitrogens is 6. The number of nitrogens with zero attached hydrogens (tertiary/aromatic N) is 4. The molecule has 32 nitrogen and oxygen atoms in total. The number of hydrogen-bond acceptors (Lipinski definition) is 23. The van der Waals surface area contributed by atoms with Crippen LogP contribution < -0.4 is 22.5 Å². The zero-order valence-electron chi connectivity index (χ0n) is 26.9. The normalized spacial score (nSPS) is 30.9. The van der Waals surface area contributed by atoms with Crippen molar-refractivity contribution >= 4 is 56.2 Å². The second-order valence-corrected chi connectivity index (χ2v) is 19.0. The molecule has 3 aromatic heterocycles. The minimum absolute atomic E-state index is 0.223. The molecule has 56 heavy (non-hydrogen) atoms. The summed E-state index contributed by atoms with van der Waals surface area (Å²) in [6.07, 6.45) is -12.7. The van der Waals surface area contributed by atoms with Crippen LogP contribution in [0.4, 0.5) is 5.95 Å². The predicted molar refractivity (Wildman–Crippen MR) is 171 cm³/mol.